The van der Waals surface area contributed by atoms with E-state index in [1.807, 2.05) is 0 Å². The molecule has 0 aromatic rings. The molecule has 0 radical (unpaired) electrons. The summed E-state index contributed by atoms with van der Waals surface area (Å²) >= 11 is 0. The smallest absolute Gasteiger partial charge is 0.222 e. The lowest BCUT2D eigenvalue weighted by Gasteiger charge is -2.17. The van der Waals surface area contributed by atoms with Gasteiger partial charge in [-0.15, -0.1) is 0 Å². The summed E-state index contributed by atoms with van der Waals surface area (Å²) in [6, 6.07) is 0. The first-order chi connectivity index (χ1) is 9.72. The van der Waals surface area contributed by atoms with Crippen LogP contribution in [0.4, 0.5) is 0 Å². The highest BCUT2D eigenvalue weighted by molar-refractivity contribution is 5.75. The highest BCUT2D eigenvalue weighted by Gasteiger charge is 2.09. The summed E-state index contributed by atoms with van der Waals surface area (Å²) in [5.74, 6) is 1.45. The quantitative estimate of drug-likeness (QED) is 0.574. The average molecular weight is 299 g/mol. The first kappa shape index (κ1) is 20.4. The number of hydrogen-bond acceptors (Lipinski definition) is 2. The summed E-state index contributed by atoms with van der Waals surface area (Å²) < 4.78 is 5.52. The molecule has 0 saturated carbocycles. The molecule has 0 aliphatic heterocycles. The molecule has 1 N–H and O–H groups in total. The Kier molecular flexibility index (Phi) is 10.8. The Hall–Kier alpha value is -0.570. The molecule has 0 saturated heterocycles. The van der Waals surface area contributed by atoms with E-state index in [-0.39, 0.29) is 5.91 Å². The summed E-state index contributed by atoms with van der Waals surface area (Å²) in [6.07, 6.45) is 5.05. The summed E-state index contributed by atoms with van der Waals surface area (Å²) in [5.41, 5.74) is 0.410. The normalized spacial score (nSPS) is 13.5. The number of hydrogen-bond donors (Lipinski definition) is 1. The van der Waals surface area contributed by atoms with Crippen LogP contribution in [0.2, 0.25) is 0 Å². The lowest BCUT2D eigenvalue weighted by atomic mass is 9.90. The zero-order valence-corrected chi connectivity index (χ0v) is 15.1. The van der Waals surface area contributed by atoms with Gasteiger partial charge in [0.05, 0.1) is 6.61 Å². The Balaban J connectivity index is 3.38. The molecule has 0 unspecified atom stereocenters. The number of rotatable bonds is 11. The van der Waals surface area contributed by atoms with Crippen molar-refractivity contribution in [1.82, 2.24) is 5.32 Å². The zero-order chi connectivity index (χ0) is 16.3. The molecule has 0 aromatic carbocycles. The van der Waals surface area contributed by atoms with Crippen molar-refractivity contribution in [2.75, 3.05) is 19.8 Å². The largest absolute Gasteiger partial charge is 0.381 e. The molecule has 3 heteroatoms. The second kappa shape index (κ2) is 11.1. The SMILES string of the molecule is CC(C)[C@@H](C)CCNC(=O)CCOCCCCC(C)(C)C. The molecule has 0 rings (SSSR count). The van der Waals surface area contributed by atoms with Gasteiger partial charge in [0, 0.05) is 19.6 Å². The summed E-state index contributed by atoms with van der Waals surface area (Å²) in [6.45, 7) is 15.6. The molecule has 0 aromatic heterocycles. The second-order valence-corrected chi connectivity index (χ2v) is 7.74. The first-order valence-electron chi connectivity index (χ1n) is 8.57. The zero-order valence-electron chi connectivity index (χ0n) is 15.1. The lowest BCUT2D eigenvalue weighted by molar-refractivity contribution is -0.122. The highest BCUT2D eigenvalue weighted by Crippen LogP contribution is 2.21. The number of carbonyl (C=O) groups is 1. The van der Waals surface area contributed by atoms with Crippen molar-refractivity contribution in [3.8, 4) is 0 Å². The number of unbranched alkanes of at least 4 members (excludes halogenated alkanes) is 1. The summed E-state index contributed by atoms with van der Waals surface area (Å²) in [5, 5.41) is 2.97. The molecule has 21 heavy (non-hydrogen) atoms. The van der Waals surface area contributed by atoms with Gasteiger partial charge in [-0.25, -0.2) is 0 Å². The molecule has 0 aliphatic carbocycles. The van der Waals surface area contributed by atoms with E-state index in [1.165, 1.54) is 12.8 Å². The van der Waals surface area contributed by atoms with Gasteiger partial charge in [-0.2, -0.15) is 0 Å². The van der Waals surface area contributed by atoms with Crippen molar-refractivity contribution in [1.29, 1.82) is 0 Å². The minimum Gasteiger partial charge on any atom is -0.381 e. The van der Waals surface area contributed by atoms with E-state index in [4.69, 9.17) is 4.74 Å². The van der Waals surface area contributed by atoms with Gasteiger partial charge >= 0.3 is 0 Å². The minimum atomic E-state index is 0.112. The van der Waals surface area contributed by atoms with Crippen molar-refractivity contribution >= 4 is 5.91 Å². The highest BCUT2D eigenvalue weighted by atomic mass is 16.5. The molecule has 3 nitrogen and oxygen atoms in total. The predicted molar refractivity (Wildman–Crippen MR) is 90.4 cm³/mol. The third kappa shape index (κ3) is 14.1. The van der Waals surface area contributed by atoms with Crippen LogP contribution in [0, 0.1) is 17.3 Å². The van der Waals surface area contributed by atoms with Crippen LogP contribution in [-0.2, 0) is 9.53 Å². The average Bonchev–Trinajstić information content (AvgIpc) is 2.36. The molecule has 1 amide bonds. The van der Waals surface area contributed by atoms with Crippen LogP contribution in [-0.4, -0.2) is 25.7 Å². The fraction of sp³-hybridized carbons (Fsp3) is 0.944. The van der Waals surface area contributed by atoms with Crippen LogP contribution in [0.25, 0.3) is 0 Å². The van der Waals surface area contributed by atoms with Crippen LogP contribution in [0.5, 0.6) is 0 Å². The Morgan fingerprint density at radius 1 is 1.10 bits per heavy atom. The van der Waals surface area contributed by atoms with Crippen LogP contribution in [0.15, 0.2) is 0 Å². The molecule has 0 fully saturated rings. The van der Waals surface area contributed by atoms with E-state index < -0.39 is 0 Å². The Bertz CT molecular complexity index is 269. The summed E-state index contributed by atoms with van der Waals surface area (Å²) in [7, 11) is 0. The van der Waals surface area contributed by atoms with Gasteiger partial charge in [0.2, 0.25) is 5.91 Å². The van der Waals surface area contributed by atoms with Gasteiger partial charge in [-0.3, -0.25) is 4.79 Å². The fourth-order valence-electron chi connectivity index (χ4n) is 1.99. The lowest BCUT2D eigenvalue weighted by Crippen LogP contribution is -2.27. The number of amides is 1. The van der Waals surface area contributed by atoms with Crippen LogP contribution in [0.1, 0.15) is 73.6 Å². The minimum absolute atomic E-state index is 0.112. The van der Waals surface area contributed by atoms with Gasteiger partial charge in [-0.05, 0) is 36.5 Å². The van der Waals surface area contributed by atoms with Gasteiger partial charge in [-0.1, -0.05) is 48.0 Å². The number of carbonyl (C=O) groups excluding carboxylic acids is 1. The van der Waals surface area contributed by atoms with Crippen molar-refractivity contribution in [2.24, 2.45) is 17.3 Å². The van der Waals surface area contributed by atoms with Gasteiger partial charge < -0.3 is 10.1 Å². The van der Waals surface area contributed by atoms with E-state index in [9.17, 15) is 4.79 Å². The topological polar surface area (TPSA) is 38.3 Å². The maximum absolute atomic E-state index is 11.6. The first-order valence-corrected chi connectivity index (χ1v) is 8.57. The number of ether oxygens (including phenoxy) is 1. The van der Waals surface area contributed by atoms with Gasteiger partial charge in [0.25, 0.3) is 0 Å². The van der Waals surface area contributed by atoms with Crippen molar-refractivity contribution in [3.05, 3.63) is 0 Å². The van der Waals surface area contributed by atoms with E-state index >= 15 is 0 Å². The van der Waals surface area contributed by atoms with E-state index in [0.717, 1.165) is 26.0 Å². The maximum atomic E-state index is 11.6. The van der Waals surface area contributed by atoms with Crippen LogP contribution in [0.3, 0.4) is 0 Å². The molecule has 0 spiro atoms. The fourth-order valence-corrected chi connectivity index (χ4v) is 1.99. The third-order valence-electron chi connectivity index (χ3n) is 4.00. The molecule has 1 atom stereocenters. The molecule has 0 heterocycles. The predicted octanol–water partition coefficient (Wildman–Crippen LogP) is 4.41. The van der Waals surface area contributed by atoms with Gasteiger partial charge in [0.15, 0.2) is 0 Å². The van der Waals surface area contributed by atoms with Crippen LogP contribution < -0.4 is 5.32 Å². The Morgan fingerprint density at radius 3 is 2.33 bits per heavy atom. The van der Waals surface area contributed by atoms with Crippen molar-refractivity contribution in [3.63, 3.8) is 0 Å². The van der Waals surface area contributed by atoms with Crippen molar-refractivity contribution < 1.29 is 9.53 Å². The van der Waals surface area contributed by atoms with Crippen molar-refractivity contribution in [2.45, 2.75) is 73.6 Å². The van der Waals surface area contributed by atoms with E-state index in [0.29, 0.717) is 30.3 Å². The molecular formula is C18H37NO2. The maximum Gasteiger partial charge on any atom is 0.222 e. The second-order valence-electron chi connectivity index (χ2n) is 7.74. The Labute approximate surface area is 132 Å². The Morgan fingerprint density at radius 2 is 1.76 bits per heavy atom. The monoisotopic (exact) mass is 299 g/mol. The number of nitrogens with one attached hydrogen (secondary N) is 1. The molecule has 0 aliphatic rings. The molecule has 0 bridgehead atoms. The third-order valence-corrected chi connectivity index (χ3v) is 4.00. The van der Waals surface area contributed by atoms with Gasteiger partial charge in [0.1, 0.15) is 0 Å². The standard InChI is InChI=1S/C18H37NO2/c1-15(2)16(3)9-12-19-17(20)10-14-21-13-8-7-11-18(4,5)6/h15-16H,7-14H2,1-6H3,(H,19,20)/t16-/m0/s1. The van der Waals surface area contributed by atoms with Crippen LogP contribution >= 0.6 is 0 Å². The van der Waals surface area contributed by atoms with E-state index in [2.05, 4.69) is 46.9 Å². The molecule has 126 valence electrons. The summed E-state index contributed by atoms with van der Waals surface area (Å²) in [4.78, 5) is 11.6. The molecular weight excluding hydrogens is 262 g/mol. The van der Waals surface area contributed by atoms with E-state index in [1.54, 1.807) is 0 Å².